The number of esters is 1. The molecule has 1 unspecified atom stereocenters. The number of anilines is 1. The van der Waals surface area contributed by atoms with Gasteiger partial charge in [0.25, 0.3) is 5.91 Å². The summed E-state index contributed by atoms with van der Waals surface area (Å²) in [5, 5.41) is 5.29. The molecule has 2 N–H and O–H groups in total. The molecule has 1 atom stereocenters. The zero-order chi connectivity index (χ0) is 20.8. The second-order valence-corrected chi connectivity index (χ2v) is 6.83. The molecule has 148 valence electrons. The third kappa shape index (κ3) is 5.19. The van der Waals surface area contributed by atoms with Crippen molar-refractivity contribution in [3.8, 4) is 0 Å². The fraction of sp³-hybridized carbons (Fsp3) is 0.318. The van der Waals surface area contributed by atoms with Crippen LogP contribution in [0, 0.1) is 27.7 Å². The Bertz CT molecular complexity index is 885. The summed E-state index contributed by atoms with van der Waals surface area (Å²) in [5.74, 6) is -1.45. The summed E-state index contributed by atoms with van der Waals surface area (Å²) in [5.41, 5.74) is 4.82. The number of rotatable bonds is 6. The number of amides is 2. The summed E-state index contributed by atoms with van der Waals surface area (Å²) >= 11 is 0. The minimum Gasteiger partial charge on any atom is -0.449 e. The molecule has 0 saturated heterocycles. The quantitative estimate of drug-likeness (QED) is 0.752. The maximum atomic E-state index is 12.3. The first-order valence-electron chi connectivity index (χ1n) is 9.11. The van der Waals surface area contributed by atoms with E-state index in [1.165, 1.54) is 6.92 Å². The standard InChI is InChI=1S/C22H26N2O4/c1-13-8-7-11-18(16(13)4)22(27)28-17(5)21(26)23-12-19(25)24-20-14(2)9-6-10-15(20)3/h6-11,17H,12H2,1-5H3,(H,23,26)(H,24,25). The average Bonchev–Trinajstić information content (AvgIpc) is 2.64. The minimum atomic E-state index is -1.01. The highest BCUT2D eigenvalue weighted by Gasteiger charge is 2.21. The van der Waals surface area contributed by atoms with Gasteiger partial charge in [-0.05, 0) is 62.9 Å². The molecule has 6 heteroatoms. The van der Waals surface area contributed by atoms with Crippen molar-refractivity contribution in [2.24, 2.45) is 0 Å². The van der Waals surface area contributed by atoms with Crippen LogP contribution >= 0.6 is 0 Å². The Morgan fingerprint density at radius 1 is 0.929 bits per heavy atom. The highest BCUT2D eigenvalue weighted by molar-refractivity contribution is 5.97. The number of aryl methyl sites for hydroxylation is 3. The summed E-state index contributed by atoms with van der Waals surface area (Å²) in [7, 11) is 0. The van der Waals surface area contributed by atoms with Crippen LogP contribution < -0.4 is 10.6 Å². The SMILES string of the molecule is Cc1cccc(C(=O)OC(C)C(=O)NCC(=O)Nc2c(C)cccc2C)c1C. The summed E-state index contributed by atoms with van der Waals surface area (Å²) in [4.78, 5) is 36.6. The largest absolute Gasteiger partial charge is 0.449 e. The van der Waals surface area contributed by atoms with Crippen molar-refractivity contribution in [1.82, 2.24) is 5.32 Å². The number of para-hydroxylation sites is 1. The summed E-state index contributed by atoms with van der Waals surface area (Å²) in [6.45, 7) is 8.79. The first-order valence-corrected chi connectivity index (χ1v) is 9.11. The van der Waals surface area contributed by atoms with Crippen molar-refractivity contribution in [3.63, 3.8) is 0 Å². The lowest BCUT2D eigenvalue weighted by molar-refractivity contribution is -0.130. The molecule has 2 aromatic carbocycles. The molecule has 0 radical (unpaired) electrons. The lowest BCUT2D eigenvalue weighted by Gasteiger charge is -2.15. The molecule has 0 spiro atoms. The van der Waals surface area contributed by atoms with Crippen LogP contribution in [0.1, 0.15) is 39.5 Å². The van der Waals surface area contributed by atoms with Gasteiger partial charge in [-0.15, -0.1) is 0 Å². The predicted octanol–water partition coefficient (Wildman–Crippen LogP) is 3.22. The monoisotopic (exact) mass is 382 g/mol. The van der Waals surface area contributed by atoms with Crippen LogP contribution in [0.4, 0.5) is 5.69 Å². The molecular weight excluding hydrogens is 356 g/mol. The highest BCUT2D eigenvalue weighted by Crippen LogP contribution is 2.19. The molecule has 0 fully saturated rings. The van der Waals surface area contributed by atoms with E-state index in [-0.39, 0.29) is 12.5 Å². The van der Waals surface area contributed by atoms with Gasteiger partial charge in [-0.2, -0.15) is 0 Å². The van der Waals surface area contributed by atoms with Crippen LogP contribution in [-0.2, 0) is 14.3 Å². The van der Waals surface area contributed by atoms with Gasteiger partial charge in [0.15, 0.2) is 6.10 Å². The first-order chi connectivity index (χ1) is 13.2. The number of carbonyl (C=O) groups excluding carboxylic acids is 3. The lowest BCUT2D eigenvalue weighted by Crippen LogP contribution is -2.40. The maximum absolute atomic E-state index is 12.3. The number of ether oxygens (including phenoxy) is 1. The number of nitrogens with one attached hydrogen (secondary N) is 2. The summed E-state index contributed by atoms with van der Waals surface area (Å²) in [6.07, 6.45) is -1.01. The molecular formula is C22H26N2O4. The van der Waals surface area contributed by atoms with Crippen LogP contribution in [-0.4, -0.2) is 30.4 Å². The Hall–Kier alpha value is -3.15. The van der Waals surface area contributed by atoms with Crippen molar-refractivity contribution >= 4 is 23.5 Å². The predicted molar refractivity (Wildman–Crippen MR) is 108 cm³/mol. The molecule has 0 bridgehead atoms. The third-order valence-corrected chi connectivity index (χ3v) is 4.65. The molecule has 2 aromatic rings. The summed E-state index contributed by atoms with van der Waals surface area (Å²) in [6, 6.07) is 11.0. The van der Waals surface area contributed by atoms with Crippen LogP contribution in [0.2, 0.25) is 0 Å². The number of hydrogen-bond acceptors (Lipinski definition) is 4. The smallest absolute Gasteiger partial charge is 0.339 e. The van der Waals surface area contributed by atoms with Gasteiger partial charge >= 0.3 is 5.97 Å². The van der Waals surface area contributed by atoms with Gasteiger partial charge in [-0.1, -0.05) is 30.3 Å². The fourth-order valence-electron chi connectivity index (χ4n) is 2.76. The Balaban J connectivity index is 1.89. The number of benzene rings is 2. The van der Waals surface area contributed by atoms with E-state index in [4.69, 9.17) is 4.74 Å². The molecule has 28 heavy (non-hydrogen) atoms. The van der Waals surface area contributed by atoms with Crippen LogP contribution in [0.15, 0.2) is 36.4 Å². The zero-order valence-corrected chi connectivity index (χ0v) is 16.9. The third-order valence-electron chi connectivity index (χ3n) is 4.65. The molecule has 2 rings (SSSR count). The second-order valence-electron chi connectivity index (χ2n) is 6.83. The van der Waals surface area contributed by atoms with Crippen molar-refractivity contribution < 1.29 is 19.1 Å². The van der Waals surface area contributed by atoms with E-state index in [1.807, 2.05) is 52.0 Å². The molecule has 0 aliphatic rings. The topological polar surface area (TPSA) is 84.5 Å². The fourth-order valence-corrected chi connectivity index (χ4v) is 2.76. The van der Waals surface area contributed by atoms with Crippen molar-refractivity contribution in [3.05, 3.63) is 64.2 Å². The Morgan fingerprint density at radius 3 is 2.14 bits per heavy atom. The normalized spacial score (nSPS) is 11.5. The Morgan fingerprint density at radius 2 is 1.50 bits per heavy atom. The van der Waals surface area contributed by atoms with E-state index in [0.717, 1.165) is 27.9 Å². The maximum Gasteiger partial charge on any atom is 0.339 e. The number of carbonyl (C=O) groups is 3. The molecule has 0 saturated carbocycles. The van der Waals surface area contributed by atoms with E-state index in [9.17, 15) is 14.4 Å². The zero-order valence-electron chi connectivity index (χ0n) is 16.9. The molecule has 0 aromatic heterocycles. The first kappa shape index (κ1) is 21.2. The van der Waals surface area contributed by atoms with Gasteiger partial charge in [0.1, 0.15) is 0 Å². The summed E-state index contributed by atoms with van der Waals surface area (Å²) < 4.78 is 5.24. The van der Waals surface area contributed by atoms with Gasteiger partial charge in [0.05, 0.1) is 12.1 Å². The van der Waals surface area contributed by atoms with E-state index >= 15 is 0 Å². The van der Waals surface area contributed by atoms with E-state index < -0.39 is 18.0 Å². The average molecular weight is 382 g/mol. The molecule has 2 amide bonds. The van der Waals surface area contributed by atoms with E-state index in [1.54, 1.807) is 12.1 Å². The molecule has 0 heterocycles. The van der Waals surface area contributed by atoms with Crippen LogP contribution in [0.5, 0.6) is 0 Å². The van der Waals surface area contributed by atoms with Gasteiger partial charge in [-0.25, -0.2) is 4.79 Å². The van der Waals surface area contributed by atoms with E-state index in [2.05, 4.69) is 10.6 Å². The second kappa shape index (κ2) is 9.17. The van der Waals surface area contributed by atoms with Crippen LogP contribution in [0.3, 0.4) is 0 Å². The van der Waals surface area contributed by atoms with Gasteiger partial charge in [-0.3, -0.25) is 9.59 Å². The van der Waals surface area contributed by atoms with Gasteiger partial charge in [0.2, 0.25) is 5.91 Å². The number of hydrogen-bond donors (Lipinski definition) is 2. The Kier molecular flexibility index (Phi) is 6.93. The highest BCUT2D eigenvalue weighted by atomic mass is 16.5. The van der Waals surface area contributed by atoms with Gasteiger partial charge < -0.3 is 15.4 Å². The van der Waals surface area contributed by atoms with Crippen molar-refractivity contribution in [2.45, 2.75) is 40.7 Å². The molecule has 0 aliphatic carbocycles. The lowest BCUT2D eigenvalue weighted by atomic mass is 10.0. The van der Waals surface area contributed by atoms with Crippen molar-refractivity contribution in [2.75, 3.05) is 11.9 Å². The Labute approximate surface area is 165 Å². The molecule has 0 aliphatic heterocycles. The molecule has 6 nitrogen and oxygen atoms in total. The van der Waals surface area contributed by atoms with Gasteiger partial charge in [0, 0.05) is 5.69 Å². The minimum absolute atomic E-state index is 0.210. The van der Waals surface area contributed by atoms with Crippen molar-refractivity contribution in [1.29, 1.82) is 0 Å². The van der Waals surface area contributed by atoms with Crippen LogP contribution in [0.25, 0.3) is 0 Å². The van der Waals surface area contributed by atoms with E-state index in [0.29, 0.717) is 5.56 Å².